The van der Waals surface area contributed by atoms with Gasteiger partial charge >= 0.3 is 5.97 Å². The molecule has 0 radical (unpaired) electrons. The summed E-state index contributed by atoms with van der Waals surface area (Å²) in [6.45, 7) is 1.85. The van der Waals surface area contributed by atoms with E-state index in [4.69, 9.17) is 23.7 Å². The van der Waals surface area contributed by atoms with Crippen LogP contribution < -0.4 is 18.9 Å². The monoisotopic (exact) mass is 374 g/mol. The second-order valence-electron chi connectivity index (χ2n) is 5.37. The topological polar surface area (TPSA) is 80.3 Å². The van der Waals surface area contributed by atoms with Gasteiger partial charge in [0.1, 0.15) is 0 Å². The van der Waals surface area contributed by atoms with Crippen molar-refractivity contribution in [2.75, 3.05) is 34.5 Å². The fraction of sp³-hybridized carbons (Fsp3) is 0.300. The zero-order chi connectivity index (χ0) is 19.8. The number of methoxy groups -OCH3 is 3. The Balaban J connectivity index is 2.06. The first-order chi connectivity index (χ1) is 13.0. The van der Waals surface area contributed by atoms with Crippen molar-refractivity contribution in [3.63, 3.8) is 0 Å². The molecule has 0 atom stereocenters. The fourth-order valence-corrected chi connectivity index (χ4v) is 2.38. The summed E-state index contributed by atoms with van der Waals surface area (Å²) in [6.07, 6.45) is 0. The minimum absolute atomic E-state index is 0.263. The summed E-state index contributed by atoms with van der Waals surface area (Å²) in [7, 11) is 4.50. The van der Waals surface area contributed by atoms with Gasteiger partial charge in [0.05, 0.1) is 33.5 Å². The lowest BCUT2D eigenvalue weighted by Crippen LogP contribution is -2.14. The molecule has 0 heterocycles. The summed E-state index contributed by atoms with van der Waals surface area (Å²) in [6, 6.07) is 9.41. The number of rotatable bonds is 9. The van der Waals surface area contributed by atoms with E-state index in [2.05, 4.69) is 0 Å². The standard InChI is InChI=1S/C20H22O7/c1-5-26-19-11-14(7-9-17(19)24-3)20(22)27-12-15(21)13-6-8-16(23-2)18(10-13)25-4/h6-11H,5,12H2,1-4H3. The molecule has 0 saturated carbocycles. The summed E-state index contributed by atoms with van der Waals surface area (Å²) in [5.74, 6) is 0.879. The van der Waals surface area contributed by atoms with Crippen LogP contribution in [0.1, 0.15) is 27.6 Å². The first kappa shape index (κ1) is 20.1. The third-order valence-electron chi connectivity index (χ3n) is 3.74. The average molecular weight is 374 g/mol. The van der Waals surface area contributed by atoms with Gasteiger partial charge in [0.2, 0.25) is 0 Å². The van der Waals surface area contributed by atoms with Crippen molar-refractivity contribution in [2.24, 2.45) is 0 Å². The van der Waals surface area contributed by atoms with Gasteiger partial charge in [0.25, 0.3) is 0 Å². The molecular weight excluding hydrogens is 352 g/mol. The highest BCUT2D eigenvalue weighted by molar-refractivity contribution is 6.00. The zero-order valence-electron chi connectivity index (χ0n) is 15.7. The van der Waals surface area contributed by atoms with Gasteiger partial charge in [-0.3, -0.25) is 4.79 Å². The molecule has 0 amide bonds. The molecule has 2 aromatic rings. The Hall–Kier alpha value is -3.22. The van der Waals surface area contributed by atoms with Crippen LogP contribution in [0.25, 0.3) is 0 Å². The lowest BCUT2D eigenvalue weighted by Gasteiger charge is -2.11. The van der Waals surface area contributed by atoms with Crippen LogP contribution in [0.5, 0.6) is 23.0 Å². The Morgan fingerprint density at radius 2 is 1.33 bits per heavy atom. The summed E-state index contributed by atoms with van der Waals surface area (Å²) in [5.41, 5.74) is 0.615. The van der Waals surface area contributed by atoms with Gasteiger partial charge in [-0.1, -0.05) is 0 Å². The largest absolute Gasteiger partial charge is 0.493 e. The Kier molecular flexibility index (Phi) is 7.05. The molecule has 0 N–H and O–H groups in total. The molecule has 0 aromatic heterocycles. The van der Waals surface area contributed by atoms with Gasteiger partial charge in [-0.15, -0.1) is 0 Å². The van der Waals surface area contributed by atoms with Crippen molar-refractivity contribution in [3.8, 4) is 23.0 Å². The molecule has 0 fully saturated rings. The number of carbonyl (C=O) groups is 2. The molecule has 0 unspecified atom stereocenters. The summed E-state index contributed by atoms with van der Waals surface area (Å²) < 4.78 is 26.0. The Labute approximate surface area is 157 Å². The van der Waals surface area contributed by atoms with Crippen molar-refractivity contribution < 1.29 is 33.3 Å². The number of esters is 1. The number of ether oxygens (including phenoxy) is 5. The van der Waals surface area contributed by atoms with E-state index in [-0.39, 0.29) is 11.3 Å². The van der Waals surface area contributed by atoms with E-state index in [9.17, 15) is 9.59 Å². The minimum atomic E-state index is -0.632. The number of ketones is 1. The molecule has 0 aliphatic carbocycles. The van der Waals surface area contributed by atoms with E-state index >= 15 is 0 Å². The molecule has 2 aromatic carbocycles. The van der Waals surface area contributed by atoms with E-state index in [0.717, 1.165) is 0 Å². The van der Waals surface area contributed by atoms with Gasteiger partial charge in [-0.05, 0) is 43.3 Å². The molecular formula is C20H22O7. The van der Waals surface area contributed by atoms with Crippen molar-refractivity contribution in [1.29, 1.82) is 0 Å². The normalized spacial score (nSPS) is 10.1. The maximum Gasteiger partial charge on any atom is 0.338 e. The van der Waals surface area contributed by atoms with Crippen LogP contribution in [0, 0.1) is 0 Å². The maximum absolute atomic E-state index is 12.3. The third kappa shape index (κ3) is 4.91. The van der Waals surface area contributed by atoms with Crippen LogP contribution in [0.3, 0.4) is 0 Å². The molecule has 0 bridgehead atoms. The van der Waals surface area contributed by atoms with Crippen LogP contribution in [-0.4, -0.2) is 46.3 Å². The van der Waals surface area contributed by atoms with Gasteiger partial charge in [0, 0.05) is 5.56 Å². The van der Waals surface area contributed by atoms with E-state index in [1.807, 2.05) is 6.92 Å². The lowest BCUT2D eigenvalue weighted by molar-refractivity contribution is 0.0474. The number of hydrogen-bond acceptors (Lipinski definition) is 7. The van der Waals surface area contributed by atoms with Gasteiger partial charge in [-0.2, -0.15) is 0 Å². The second kappa shape index (κ2) is 9.47. The molecule has 7 heteroatoms. The predicted octanol–water partition coefficient (Wildman–Crippen LogP) is 3.15. The second-order valence-corrected chi connectivity index (χ2v) is 5.37. The summed E-state index contributed by atoms with van der Waals surface area (Å²) in [5, 5.41) is 0. The summed E-state index contributed by atoms with van der Waals surface area (Å²) in [4.78, 5) is 24.5. The molecule has 27 heavy (non-hydrogen) atoms. The van der Waals surface area contributed by atoms with Crippen molar-refractivity contribution in [2.45, 2.75) is 6.92 Å². The maximum atomic E-state index is 12.3. The molecule has 7 nitrogen and oxygen atoms in total. The van der Waals surface area contributed by atoms with Crippen LogP contribution >= 0.6 is 0 Å². The van der Waals surface area contributed by atoms with E-state index in [1.54, 1.807) is 24.3 Å². The molecule has 2 rings (SSSR count). The Bertz CT molecular complexity index is 814. The van der Waals surface area contributed by atoms with E-state index in [1.165, 1.54) is 33.5 Å². The molecule has 0 spiro atoms. The number of Topliss-reactive ketones (excluding diaryl/α,β-unsaturated/α-hetero) is 1. The van der Waals surface area contributed by atoms with Gasteiger partial charge in [-0.25, -0.2) is 4.79 Å². The Morgan fingerprint density at radius 1 is 0.778 bits per heavy atom. The van der Waals surface area contributed by atoms with Crippen molar-refractivity contribution in [1.82, 2.24) is 0 Å². The average Bonchev–Trinajstić information content (AvgIpc) is 2.71. The van der Waals surface area contributed by atoms with Crippen molar-refractivity contribution >= 4 is 11.8 Å². The lowest BCUT2D eigenvalue weighted by atomic mass is 10.1. The third-order valence-corrected chi connectivity index (χ3v) is 3.74. The highest BCUT2D eigenvalue weighted by Crippen LogP contribution is 2.29. The van der Waals surface area contributed by atoms with Gasteiger partial charge in [0.15, 0.2) is 35.4 Å². The van der Waals surface area contributed by atoms with Crippen LogP contribution in [0.4, 0.5) is 0 Å². The highest BCUT2D eigenvalue weighted by atomic mass is 16.5. The van der Waals surface area contributed by atoms with Gasteiger partial charge < -0.3 is 23.7 Å². The van der Waals surface area contributed by atoms with Crippen molar-refractivity contribution in [3.05, 3.63) is 47.5 Å². The fourth-order valence-electron chi connectivity index (χ4n) is 2.38. The molecule has 0 saturated heterocycles. The smallest absolute Gasteiger partial charge is 0.338 e. The zero-order valence-corrected chi connectivity index (χ0v) is 15.7. The molecule has 0 aliphatic heterocycles. The first-order valence-corrected chi connectivity index (χ1v) is 8.27. The quantitative estimate of drug-likeness (QED) is 0.493. The number of carbonyl (C=O) groups excluding carboxylic acids is 2. The minimum Gasteiger partial charge on any atom is -0.493 e. The Morgan fingerprint density at radius 3 is 1.93 bits per heavy atom. The SMILES string of the molecule is CCOc1cc(C(=O)OCC(=O)c2ccc(OC)c(OC)c2)ccc1OC. The van der Waals surface area contributed by atoms with E-state index < -0.39 is 12.6 Å². The number of benzene rings is 2. The first-order valence-electron chi connectivity index (χ1n) is 8.27. The highest BCUT2D eigenvalue weighted by Gasteiger charge is 2.16. The molecule has 144 valence electrons. The van der Waals surface area contributed by atoms with E-state index in [0.29, 0.717) is 35.2 Å². The van der Waals surface area contributed by atoms with Crippen LogP contribution in [-0.2, 0) is 4.74 Å². The molecule has 0 aliphatic rings. The predicted molar refractivity (Wildman–Crippen MR) is 98.3 cm³/mol. The van der Waals surface area contributed by atoms with Crippen LogP contribution in [0.15, 0.2) is 36.4 Å². The summed E-state index contributed by atoms with van der Waals surface area (Å²) >= 11 is 0. The van der Waals surface area contributed by atoms with Crippen LogP contribution in [0.2, 0.25) is 0 Å². The number of hydrogen-bond donors (Lipinski definition) is 0.